The number of pyridine rings is 1. The fraction of sp³-hybridized carbons (Fsp3) is 0.500. The molecular formula is C18H24N2O. The normalized spacial score (nSPS) is 20.0. The largest absolute Gasteiger partial charge is 0.358 e. The molecule has 1 fully saturated rings. The predicted octanol–water partition coefficient (Wildman–Crippen LogP) is 3.38. The number of rotatable bonds is 2. The first-order chi connectivity index (χ1) is 10.1. The van der Waals surface area contributed by atoms with Gasteiger partial charge in [-0.2, -0.15) is 0 Å². The predicted molar refractivity (Wildman–Crippen MR) is 87.7 cm³/mol. The molecule has 3 heteroatoms. The first-order valence-corrected chi connectivity index (χ1v) is 7.89. The zero-order valence-corrected chi connectivity index (χ0v) is 13.2. The molecule has 2 heterocycles. The molecule has 2 aromatic rings. The van der Waals surface area contributed by atoms with E-state index in [4.69, 9.17) is 0 Å². The number of fused-ring (bicyclic) bond motifs is 1. The third-order valence-electron chi connectivity index (χ3n) is 4.68. The van der Waals surface area contributed by atoms with Crippen LogP contribution in [0.25, 0.3) is 10.9 Å². The fourth-order valence-electron chi connectivity index (χ4n) is 3.46. The van der Waals surface area contributed by atoms with Crippen LogP contribution in [-0.2, 0) is 6.54 Å². The highest BCUT2D eigenvalue weighted by atomic mass is 16.1. The summed E-state index contributed by atoms with van der Waals surface area (Å²) in [7, 11) is 0. The lowest BCUT2D eigenvalue weighted by Gasteiger charge is -2.31. The van der Waals surface area contributed by atoms with Crippen LogP contribution in [0.2, 0.25) is 0 Å². The van der Waals surface area contributed by atoms with Gasteiger partial charge in [0.25, 0.3) is 0 Å². The minimum Gasteiger partial charge on any atom is -0.358 e. The lowest BCUT2D eigenvalue weighted by atomic mass is 9.99. The van der Waals surface area contributed by atoms with Crippen molar-refractivity contribution >= 4 is 10.9 Å². The monoisotopic (exact) mass is 284 g/mol. The van der Waals surface area contributed by atoms with Gasteiger partial charge in [0.05, 0.1) is 5.52 Å². The summed E-state index contributed by atoms with van der Waals surface area (Å²) in [6.45, 7) is 9.35. The molecule has 0 unspecified atom stereocenters. The Morgan fingerprint density at radius 1 is 1.33 bits per heavy atom. The van der Waals surface area contributed by atoms with E-state index in [0.29, 0.717) is 0 Å². The summed E-state index contributed by atoms with van der Waals surface area (Å²) in [6.07, 6.45) is 2.55. The van der Waals surface area contributed by atoms with Gasteiger partial charge in [-0.1, -0.05) is 19.1 Å². The van der Waals surface area contributed by atoms with Crippen LogP contribution in [0.1, 0.15) is 36.6 Å². The molecule has 1 N–H and O–H groups in total. The molecule has 1 atom stereocenters. The maximum atomic E-state index is 12.8. The van der Waals surface area contributed by atoms with Crippen molar-refractivity contribution in [2.45, 2.75) is 40.2 Å². The van der Waals surface area contributed by atoms with Crippen molar-refractivity contribution in [2.75, 3.05) is 13.1 Å². The zero-order valence-electron chi connectivity index (χ0n) is 13.2. The molecule has 3 rings (SSSR count). The van der Waals surface area contributed by atoms with E-state index < -0.39 is 0 Å². The summed E-state index contributed by atoms with van der Waals surface area (Å²) in [6, 6.07) is 5.95. The van der Waals surface area contributed by atoms with Gasteiger partial charge in [0.2, 0.25) is 0 Å². The maximum Gasteiger partial charge on any atom is 0.194 e. The molecule has 0 radical (unpaired) electrons. The number of aryl methyl sites for hydroxylation is 2. The summed E-state index contributed by atoms with van der Waals surface area (Å²) >= 11 is 0. The van der Waals surface area contributed by atoms with E-state index in [-0.39, 0.29) is 5.43 Å². The molecule has 0 amide bonds. The number of piperidine rings is 1. The number of likely N-dealkylation sites (tertiary alicyclic amines) is 1. The molecule has 0 saturated carbocycles. The molecule has 1 aromatic heterocycles. The third-order valence-corrected chi connectivity index (χ3v) is 4.68. The first kappa shape index (κ1) is 14.3. The first-order valence-electron chi connectivity index (χ1n) is 7.89. The SMILES string of the molecule is Cc1[nH]c2c(C)cccc2c(=O)c1CN1CCC[C@@H](C)C1. The van der Waals surface area contributed by atoms with Crippen molar-refractivity contribution in [2.24, 2.45) is 5.92 Å². The van der Waals surface area contributed by atoms with Gasteiger partial charge in [-0.3, -0.25) is 9.69 Å². The van der Waals surface area contributed by atoms with E-state index in [1.165, 1.54) is 12.8 Å². The van der Waals surface area contributed by atoms with E-state index in [1.807, 2.05) is 32.0 Å². The summed E-state index contributed by atoms with van der Waals surface area (Å²) in [5, 5.41) is 0.820. The van der Waals surface area contributed by atoms with Gasteiger partial charge in [0, 0.05) is 29.7 Å². The van der Waals surface area contributed by atoms with Crippen molar-refractivity contribution in [1.29, 1.82) is 0 Å². The Morgan fingerprint density at radius 3 is 2.90 bits per heavy atom. The van der Waals surface area contributed by atoms with Crippen molar-refractivity contribution in [1.82, 2.24) is 9.88 Å². The average molecular weight is 284 g/mol. The number of H-pyrrole nitrogens is 1. The molecule has 0 aliphatic carbocycles. The Morgan fingerprint density at radius 2 is 2.14 bits per heavy atom. The number of aromatic amines is 1. The molecule has 1 aromatic carbocycles. The lowest BCUT2D eigenvalue weighted by molar-refractivity contribution is 0.176. The van der Waals surface area contributed by atoms with Gasteiger partial charge in [0.1, 0.15) is 0 Å². The number of nitrogens with zero attached hydrogens (tertiary/aromatic N) is 1. The number of nitrogens with one attached hydrogen (secondary N) is 1. The maximum absolute atomic E-state index is 12.8. The summed E-state index contributed by atoms with van der Waals surface area (Å²) in [5.74, 6) is 0.737. The van der Waals surface area contributed by atoms with Crippen LogP contribution in [0.4, 0.5) is 0 Å². The molecular weight excluding hydrogens is 260 g/mol. The van der Waals surface area contributed by atoms with Crippen LogP contribution >= 0.6 is 0 Å². The van der Waals surface area contributed by atoms with Crippen LogP contribution in [-0.4, -0.2) is 23.0 Å². The van der Waals surface area contributed by atoms with E-state index in [0.717, 1.165) is 53.3 Å². The van der Waals surface area contributed by atoms with Gasteiger partial charge >= 0.3 is 0 Å². The third kappa shape index (κ3) is 2.75. The van der Waals surface area contributed by atoms with Crippen LogP contribution in [0.15, 0.2) is 23.0 Å². The Balaban J connectivity index is 2.01. The Kier molecular flexibility index (Phi) is 3.85. The number of para-hydroxylation sites is 1. The number of benzene rings is 1. The van der Waals surface area contributed by atoms with E-state index in [1.54, 1.807) is 0 Å². The fourth-order valence-corrected chi connectivity index (χ4v) is 3.46. The summed E-state index contributed by atoms with van der Waals surface area (Å²) < 4.78 is 0. The topological polar surface area (TPSA) is 36.1 Å². The van der Waals surface area contributed by atoms with Gasteiger partial charge in [-0.15, -0.1) is 0 Å². The van der Waals surface area contributed by atoms with Crippen molar-refractivity contribution in [3.63, 3.8) is 0 Å². The van der Waals surface area contributed by atoms with Crippen LogP contribution < -0.4 is 5.43 Å². The number of hydrogen-bond donors (Lipinski definition) is 1. The highest BCUT2D eigenvalue weighted by Gasteiger charge is 2.19. The summed E-state index contributed by atoms with van der Waals surface area (Å²) in [4.78, 5) is 18.7. The second-order valence-corrected chi connectivity index (χ2v) is 6.54. The molecule has 1 aliphatic heterocycles. The standard InChI is InChI=1S/C18H24N2O/c1-12-6-5-9-20(10-12)11-16-14(3)19-17-13(2)7-4-8-15(17)18(16)21/h4,7-8,12H,5-6,9-11H2,1-3H3,(H,19,21)/t12-/m1/s1. The summed E-state index contributed by atoms with van der Waals surface area (Å²) in [5.41, 5.74) is 4.26. The molecule has 21 heavy (non-hydrogen) atoms. The van der Waals surface area contributed by atoms with Gasteiger partial charge in [0.15, 0.2) is 5.43 Å². The zero-order chi connectivity index (χ0) is 15.0. The number of hydrogen-bond acceptors (Lipinski definition) is 2. The minimum atomic E-state index is 0.197. The Bertz CT molecular complexity index is 717. The minimum absolute atomic E-state index is 0.197. The molecule has 0 spiro atoms. The van der Waals surface area contributed by atoms with E-state index >= 15 is 0 Å². The van der Waals surface area contributed by atoms with Gasteiger partial charge < -0.3 is 4.98 Å². The van der Waals surface area contributed by atoms with E-state index in [2.05, 4.69) is 16.8 Å². The smallest absolute Gasteiger partial charge is 0.194 e. The Hall–Kier alpha value is -1.61. The number of aromatic nitrogens is 1. The van der Waals surface area contributed by atoms with Crippen LogP contribution in [0.3, 0.4) is 0 Å². The lowest BCUT2D eigenvalue weighted by Crippen LogP contribution is -2.35. The van der Waals surface area contributed by atoms with Crippen molar-refractivity contribution in [3.8, 4) is 0 Å². The Labute approximate surface area is 126 Å². The van der Waals surface area contributed by atoms with Gasteiger partial charge in [-0.25, -0.2) is 0 Å². The van der Waals surface area contributed by atoms with Crippen LogP contribution in [0, 0.1) is 19.8 Å². The average Bonchev–Trinajstić information content (AvgIpc) is 2.45. The van der Waals surface area contributed by atoms with Gasteiger partial charge in [-0.05, 0) is 50.8 Å². The van der Waals surface area contributed by atoms with E-state index in [9.17, 15) is 4.79 Å². The van der Waals surface area contributed by atoms with Crippen molar-refractivity contribution < 1.29 is 0 Å². The highest BCUT2D eigenvalue weighted by molar-refractivity contribution is 5.82. The molecule has 3 nitrogen and oxygen atoms in total. The molecule has 1 aliphatic rings. The van der Waals surface area contributed by atoms with Crippen LogP contribution in [0.5, 0.6) is 0 Å². The second kappa shape index (κ2) is 5.64. The molecule has 0 bridgehead atoms. The molecule has 112 valence electrons. The highest BCUT2D eigenvalue weighted by Crippen LogP contribution is 2.20. The van der Waals surface area contributed by atoms with Crippen molar-refractivity contribution in [3.05, 3.63) is 45.2 Å². The second-order valence-electron chi connectivity index (χ2n) is 6.54. The quantitative estimate of drug-likeness (QED) is 0.917. The molecule has 1 saturated heterocycles.